The summed E-state index contributed by atoms with van der Waals surface area (Å²) < 4.78 is 5.31. The molecule has 0 aromatic heterocycles. The van der Waals surface area contributed by atoms with Crippen LogP contribution in [-0.2, 0) is 4.74 Å². The van der Waals surface area contributed by atoms with Crippen molar-refractivity contribution in [2.45, 2.75) is 6.04 Å². The van der Waals surface area contributed by atoms with Crippen LogP contribution in [0.3, 0.4) is 0 Å². The summed E-state index contributed by atoms with van der Waals surface area (Å²) in [7, 11) is 0. The molecule has 1 heterocycles. The number of nitro benzene ring substituents is 1. The second-order valence-electron chi connectivity index (χ2n) is 4.27. The van der Waals surface area contributed by atoms with E-state index in [1.54, 1.807) is 4.90 Å². The molecule has 108 valence electrons. The molecule has 1 aliphatic heterocycles. The van der Waals surface area contributed by atoms with Gasteiger partial charge in [-0.05, 0) is 6.07 Å². The molecule has 0 radical (unpaired) electrons. The Bertz CT molecular complexity index is 540. The monoisotopic (exact) mass is 362 g/mol. The molecule has 1 aromatic carbocycles. The maximum absolute atomic E-state index is 12.6. The molecule has 1 aliphatic rings. The first-order chi connectivity index (χ1) is 9.56. The topological polar surface area (TPSA) is 72.7 Å². The van der Waals surface area contributed by atoms with Gasteiger partial charge < -0.3 is 9.64 Å². The van der Waals surface area contributed by atoms with Crippen molar-refractivity contribution >= 4 is 39.1 Å². The van der Waals surface area contributed by atoms with E-state index in [2.05, 4.69) is 15.9 Å². The lowest BCUT2D eigenvalue weighted by Gasteiger charge is -2.34. The van der Waals surface area contributed by atoms with Crippen molar-refractivity contribution in [1.29, 1.82) is 0 Å². The summed E-state index contributed by atoms with van der Waals surface area (Å²) in [5, 5.41) is 11.7. The van der Waals surface area contributed by atoms with Gasteiger partial charge in [-0.1, -0.05) is 33.6 Å². The maximum atomic E-state index is 12.6. The van der Waals surface area contributed by atoms with Gasteiger partial charge in [0.25, 0.3) is 11.6 Å². The highest BCUT2D eigenvalue weighted by atomic mass is 79.9. The number of morpholine rings is 1. The molecule has 1 aromatic rings. The Hall–Kier alpha value is -1.18. The molecular formula is C12H12BrClN2O4. The molecule has 1 atom stereocenters. The van der Waals surface area contributed by atoms with E-state index < -0.39 is 10.8 Å². The van der Waals surface area contributed by atoms with Crippen molar-refractivity contribution < 1.29 is 14.5 Å². The third-order valence-electron chi connectivity index (χ3n) is 3.07. The van der Waals surface area contributed by atoms with Gasteiger partial charge >= 0.3 is 0 Å². The van der Waals surface area contributed by atoms with Crippen LogP contribution in [0.15, 0.2) is 18.2 Å². The number of nitro groups is 1. The molecule has 0 saturated carbocycles. The van der Waals surface area contributed by atoms with E-state index in [-0.39, 0.29) is 22.3 Å². The molecule has 1 unspecified atom stereocenters. The average molecular weight is 364 g/mol. The van der Waals surface area contributed by atoms with Crippen LogP contribution < -0.4 is 0 Å². The van der Waals surface area contributed by atoms with E-state index in [1.165, 1.54) is 18.2 Å². The van der Waals surface area contributed by atoms with Crippen molar-refractivity contribution in [3.05, 3.63) is 38.9 Å². The molecule has 0 N–H and O–H groups in total. The Morgan fingerprint density at radius 1 is 1.60 bits per heavy atom. The first-order valence-corrected chi connectivity index (χ1v) is 7.43. The van der Waals surface area contributed by atoms with Gasteiger partial charge in [-0.2, -0.15) is 0 Å². The quantitative estimate of drug-likeness (QED) is 0.470. The fourth-order valence-electron chi connectivity index (χ4n) is 2.07. The molecule has 20 heavy (non-hydrogen) atoms. The third kappa shape index (κ3) is 2.94. The zero-order valence-corrected chi connectivity index (χ0v) is 12.8. The highest BCUT2D eigenvalue weighted by molar-refractivity contribution is 9.09. The number of nitrogens with zero attached hydrogens (tertiary/aromatic N) is 2. The van der Waals surface area contributed by atoms with Crippen molar-refractivity contribution in [3.63, 3.8) is 0 Å². The van der Waals surface area contributed by atoms with Crippen LogP contribution in [-0.4, -0.2) is 46.9 Å². The lowest BCUT2D eigenvalue weighted by atomic mass is 10.1. The number of alkyl halides is 1. The SMILES string of the molecule is O=C(c1c(Cl)cccc1[N+](=O)[O-])N1CCOCC1CBr. The van der Waals surface area contributed by atoms with Gasteiger partial charge in [-0.25, -0.2) is 0 Å². The second kappa shape index (κ2) is 6.51. The summed E-state index contributed by atoms with van der Waals surface area (Å²) in [5.41, 5.74) is -0.339. The van der Waals surface area contributed by atoms with Crippen LogP contribution in [0.2, 0.25) is 5.02 Å². The molecule has 1 fully saturated rings. The van der Waals surface area contributed by atoms with Gasteiger partial charge in [-0.15, -0.1) is 0 Å². The van der Waals surface area contributed by atoms with E-state index in [0.29, 0.717) is 25.1 Å². The lowest BCUT2D eigenvalue weighted by Crippen LogP contribution is -2.49. The molecule has 0 spiro atoms. The number of amides is 1. The predicted octanol–water partition coefficient (Wildman–Crippen LogP) is 2.48. The summed E-state index contributed by atoms with van der Waals surface area (Å²) in [5.74, 6) is -0.435. The standard InChI is InChI=1S/C12H12BrClN2O4/c13-6-8-7-20-5-4-15(8)12(17)11-9(14)2-1-3-10(11)16(18)19/h1-3,8H,4-7H2. The molecule has 1 amide bonds. The van der Waals surface area contributed by atoms with Gasteiger partial charge in [0.1, 0.15) is 5.56 Å². The van der Waals surface area contributed by atoms with E-state index in [9.17, 15) is 14.9 Å². The fraction of sp³-hybridized carbons (Fsp3) is 0.417. The molecule has 6 nitrogen and oxygen atoms in total. The fourth-order valence-corrected chi connectivity index (χ4v) is 2.86. The summed E-state index contributed by atoms with van der Waals surface area (Å²) in [4.78, 5) is 24.6. The molecular weight excluding hydrogens is 351 g/mol. The number of benzene rings is 1. The lowest BCUT2D eigenvalue weighted by molar-refractivity contribution is -0.385. The van der Waals surface area contributed by atoms with Gasteiger partial charge in [0.15, 0.2) is 0 Å². The minimum Gasteiger partial charge on any atom is -0.377 e. The minimum absolute atomic E-state index is 0.0629. The number of carbonyl (C=O) groups excluding carboxylic acids is 1. The van der Waals surface area contributed by atoms with Crippen molar-refractivity contribution in [2.75, 3.05) is 25.1 Å². The van der Waals surface area contributed by atoms with Crippen LogP contribution in [0.1, 0.15) is 10.4 Å². The van der Waals surface area contributed by atoms with Crippen LogP contribution in [0.25, 0.3) is 0 Å². The Kier molecular flexibility index (Phi) is 4.95. The number of halogens is 2. The highest BCUT2D eigenvalue weighted by Crippen LogP contribution is 2.28. The van der Waals surface area contributed by atoms with E-state index in [4.69, 9.17) is 16.3 Å². The molecule has 0 aliphatic carbocycles. The number of hydrogen-bond acceptors (Lipinski definition) is 4. The van der Waals surface area contributed by atoms with E-state index in [1.807, 2.05) is 0 Å². The van der Waals surface area contributed by atoms with E-state index in [0.717, 1.165) is 0 Å². The summed E-state index contributed by atoms with van der Waals surface area (Å²) in [6.45, 7) is 1.19. The van der Waals surface area contributed by atoms with Crippen LogP contribution in [0, 0.1) is 10.1 Å². The number of rotatable bonds is 3. The van der Waals surface area contributed by atoms with Crippen molar-refractivity contribution in [1.82, 2.24) is 4.90 Å². The second-order valence-corrected chi connectivity index (χ2v) is 5.33. The van der Waals surface area contributed by atoms with Crippen LogP contribution >= 0.6 is 27.5 Å². The summed E-state index contributed by atoms with van der Waals surface area (Å²) in [6.07, 6.45) is 0. The Morgan fingerprint density at radius 2 is 2.35 bits per heavy atom. The van der Waals surface area contributed by atoms with Crippen molar-refractivity contribution in [3.8, 4) is 0 Å². The smallest absolute Gasteiger partial charge is 0.283 e. The van der Waals surface area contributed by atoms with Crippen LogP contribution in [0.4, 0.5) is 5.69 Å². The average Bonchev–Trinajstić information content (AvgIpc) is 2.46. The van der Waals surface area contributed by atoms with Gasteiger partial charge in [-0.3, -0.25) is 14.9 Å². The largest absolute Gasteiger partial charge is 0.377 e. The zero-order valence-electron chi connectivity index (χ0n) is 10.4. The predicted molar refractivity (Wildman–Crippen MR) is 77.5 cm³/mol. The van der Waals surface area contributed by atoms with Crippen LogP contribution in [0.5, 0.6) is 0 Å². The maximum Gasteiger partial charge on any atom is 0.283 e. The molecule has 2 rings (SSSR count). The van der Waals surface area contributed by atoms with Crippen molar-refractivity contribution in [2.24, 2.45) is 0 Å². The minimum atomic E-state index is -0.595. The van der Waals surface area contributed by atoms with Gasteiger partial charge in [0.05, 0.1) is 29.2 Å². The Balaban J connectivity index is 2.40. The number of hydrogen-bond donors (Lipinski definition) is 0. The van der Waals surface area contributed by atoms with Gasteiger partial charge in [0, 0.05) is 17.9 Å². The normalized spacial score (nSPS) is 18.9. The molecule has 0 bridgehead atoms. The van der Waals surface area contributed by atoms with Gasteiger partial charge in [0.2, 0.25) is 0 Å². The Morgan fingerprint density at radius 3 is 3.00 bits per heavy atom. The zero-order chi connectivity index (χ0) is 14.7. The summed E-state index contributed by atoms with van der Waals surface area (Å²) >= 11 is 9.30. The Labute approximate surface area is 128 Å². The van der Waals surface area contributed by atoms with E-state index >= 15 is 0 Å². The third-order valence-corrected chi connectivity index (χ3v) is 4.13. The highest BCUT2D eigenvalue weighted by Gasteiger charge is 2.32. The first kappa shape index (κ1) is 15.2. The number of ether oxygens (including phenoxy) is 1. The molecule has 8 heteroatoms. The summed E-state index contributed by atoms with van der Waals surface area (Å²) in [6, 6.07) is 4.05. The first-order valence-electron chi connectivity index (χ1n) is 5.94. The number of carbonyl (C=O) groups is 1. The molecule has 1 saturated heterocycles.